The van der Waals surface area contributed by atoms with Crippen molar-refractivity contribution in [2.24, 2.45) is 5.92 Å². The Kier molecular flexibility index (Phi) is 6.43. The van der Waals surface area contributed by atoms with Gasteiger partial charge in [0.05, 0.1) is 11.4 Å². The maximum atomic E-state index is 6.01. The summed E-state index contributed by atoms with van der Waals surface area (Å²) in [6.07, 6.45) is 5.90. The molecule has 1 aromatic carbocycles. The predicted octanol–water partition coefficient (Wildman–Crippen LogP) is 4.06. The smallest absolute Gasteiger partial charge is 0.0617 e. The zero-order chi connectivity index (χ0) is 15.1. The third-order valence-corrected chi connectivity index (χ3v) is 3.64. The number of nitrogens with zero attached hydrogens (tertiary/aromatic N) is 1. The number of hydrogen-bond acceptors (Lipinski definition) is 3. The molecule has 0 aliphatic heterocycles. The fourth-order valence-electron chi connectivity index (χ4n) is 2.23. The van der Waals surface area contributed by atoms with Crippen molar-refractivity contribution in [2.45, 2.75) is 40.0 Å². The molecule has 4 N–H and O–H groups in total. The summed E-state index contributed by atoms with van der Waals surface area (Å²) < 4.78 is 0. The Morgan fingerprint density at radius 2 is 1.95 bits per heavy atom. The van der Waals surface area contributed by atoms with Gasteiger partial charge in [-0.3, -0.25) is 0 Å². The summed E-state index contributed by atoms with van der Waals surface area (Å²) in [6, 6.07) is 5.66. The van der Waals surface area contributed by atoms with Crippen molar-refractivity contribution in [3.8, 4) is 0 Å². The molecule has 0 saturated carbocycles. The summed E-state index contributed by atoms with van der Waals surface area (Å²) in [5.41, 5.74) is 15.8. The molecule has 0 fully saturated rings. The molecule has 0 amide bonds. The summed E-state index contributed by atoms with van der Waals surface area (Å²) in [6.45, 7) is 7.63. The Hall–Kier alpha value is -1.64. The van der Waals surface area contributed by atoms with Gasteiger partial charge in [-0.1, -0.05) is 18.6 Å². The maximum absolute atomic E-state index is 6.01. The maximum Gasteiger partial charge on any atom is 0.0617 e. The third kappa shape index (κ3) is 5.55. The molecule has 3 heteroatoms. The van der Waals surface area contributed by atoms with Gasteiger partial charge in [-0.15, -0.1) is 0 Å². The van der Waals surface area contributed by atoms with Crippen molar-refractivity contribution < 1.29 is 0 Å². The lowest BCUT2D eigenvalue weighted by Crippen LogP contribution is -2.21. The van der Waals surface area contributed by atoms with Gasteiger partial charge in [-0.2, -0.15) is 0 Å². The monoisotopic (exact) mass is 275 g/mol. The highest BCUT2D eigenvalue weighted by atomic mass is 15.1. The van der Waals surface area contributed by atoms with Crippen molar-refractivity contribution in [1.29, 1.82) is 0 Å². The van der Waals surface area contributed by atoms with E-state index in [1.54, 1.807) is 0 Å². The van der Waals surface area contributed by atoms with Crippen LogP contribution >= 0.6 is 0 Å². The van der Waals surface area contributed by atoms with Crippen molar-refractivity contribution in [2.75, 3.05) is 30.0 Å². The zero-order valence-electron chi connectivity index (χ0n) is 13.3. The van der Waals surface area contributed by atoms with Gasteiger partial charge in [-0.25, -0.2) is 0 Å². The van der Waals surface area contributed by atoms with Crippen LogP contribution in [0.5, 0.6) is 0 Å². The Morgan fingerprint density at radius 1 is 1.25 bits per heavy atom. The molecular weight excluding hydrogens is 246 g/mol. The minimum Gasteiger partial charge on any atom is -0.399 e. The van der Waals surface area contributed by atoms with Crippen LogP contribution < -0.4 is 16.4 Å². The number of anilines is 3. The average molecular weight is 275 g/mol. The van der Waals surface area contributed by atoms with E-state index in [-0.39, 0.29) is 0 Å². The summed E-state index contributed by atoms with van der Waals surface area (Å²) >= 11 is 0. The third-order valence-electron chi connectivity index (χ3n) is 3.64. The predicted molar refractivity (Wildman–Crippen MR) is 91.0 cm³/mol. The molecule has 1 rings (SSSR count). The minimum absolute atomic E-state index is 0.718. The topological polar surface area (TPSA) is 55.3 Å². The van der Waals surface area contributed by atoms with Gasteiger partial charge < -0.3 is 16.4 Å². The van der Waals surface area contributed by atoms with Crippen LogP contribution in [0.15, 0.2) is 29.8 Å². The number of allylic oxidation sites excluding steroid dienone is 2. The van der Waals surface area contributed by atoms with E-state index in [0.717, 1.165) is 29.5 Å². The summed E-state index contributed by atoms with van der Waals surface area (Å²) in [5.74, 6) is 0.718. The normalized spacial score (nSPS) is 12.0. The van der Waals surface area contributed by atoms with Crippen LogP contribution in [-0.4, -0.2) is 13.6 Å². The number of rotatable bonds is 7. The van der Waals surface area contributed by atoms with Gasteiger partial charge in [0.1, 0.15) is 0 Å². The Morgan fingerprint density at radius 3 is 2.60 bits per heavy atom. The Balaban J connectivity index is 2.44. The van der Waals surface area contributed by atoms with Crippen LogP contribution in [0.3, 0.4) is 0 Å². The largest absolute Gasteiger partial charge is 0.399 e. The van der Waals surface area contributed by atoms with Crippen LogP contribution in [0.25, 0.3) is 0 Å². The highest BCUT2D eigenvalue weighted by Gasteiger charge is 2.08. The van der Waals surface area contributed by atoms with E-state index in [0.29, 0.717) is 0 Å². The van der Waals surface area contributed by atoms with Gasteiger partial charge in [0.2, 0.25) is 0 Å². The first kappa shape index (κ1) is 16.4. The number of nitrogens with two attached hydrogens (primary N) is 2. The number of nitrogen functional groups attached to an aromatic ring is 2. The molecule has 112 valence electrons. The van der Waals surface area contributed by atoms with E-state index < -0.39 is 0 Å². The van der Waals surface area contributed by atoms with Gasteiger partial charge in [0.15, 0.2) is 0 Å². The van der Waals surface area contributed by atoms with Gasteiger partial charge in [0, 0.05) is 19.3 Å². The Bertz CT molecular complexity index is 448. The number of hydrogen-bond donors (Lipinski definition) is 2. The molecule has 3 nitrogen and oxygen atoms in total. The summed E-state index contributed by atoms with van der Waals surface area (Å²) in [7, 11) is 2.08. The van der Waals surface area contributed by atoms with Crippen LogP contribution in [0.1, 0.15) is 40.0 Å². The van der Waals surface area contributed by atoms with Gasteiger partial charge in [0.25, 0.3) is 0 Å². The van der Waals surface area contributed by atoms with Crippen molar-refractivity contribution in [3.63, 3.8) is 0 Å². The standard InChI is InChI=1S/C17H29N3/c1-13(2)6-5-7-14(3)10-11-20(4)17-12-15(18)8-9-16(17)19/h6,8-9,12,14H,5,7,10-11,18-19H2,1-4H3. The molecule has 0 aliphatic carbocycles. The molecule has 0 radical (unpaired) electrons. The number of benzene rings is 1. The van der Waals surface area contributed by atoms with Crippen LogP contribution in [-0.2, 0) is 0 Å². The SMILES string of the molecule is CC(C)=CCCC(C)CCN(C)c1cc(N)ccc1N. The van der Waals surface area contributed by atoms with Gasteiger partial charge in [-0.05, 0) is 57.2 Å². The van der Waals surface area contributed by atoms with Crippen LogP contribution in [0.2, 0.25) is 0 Å². The molecule has 0 saturated heterocycles. The second kappa shape index (κ2) is 7.83. The molecule has 0 aromatic heterocycles. The minimum atomic E-state index is 0.718. The van der Waals surface area contributed by atoms with Crippen molar-refractivity contribution in [1.82, 2.24) is 0 Å². The Labute approximate surface area is 123 Å². The van der Waals surface area contributed by atoms with E-state index in [2.05, 4.69) is 38.8 Å². The van der Waals surface area contributed by atoms with Crippen molar-refractivity contribution >= 4 is 17.1 Å². The lowest BCUT2D eigenvalue weighted by Gasteiger charge is -2.23. The highest BCUT2D eigenvalue weighted by Crippen LogP contribution is 2.25. The lowest BCUT2D eigenvalue weighted by atomic mass is 10.0. The first-order valence-electron chi connectivity index (χ1n) is 7.39. The fraction of sp³-hybridized carbons (Fsp3) is 0.529. The van der Waals surface area contributed by atoms with Crippen molar-refractivity contribution in [3.05, 3.63) is 29.8 Å². The summed E-state index contributed by atoms with van der Waals surface area (Å²) in [4.78, 5) is 2.20. The molecule has 1 atom stereocenters. The van der Waals surface area contributed by atoms with Gasteiger partial charge >= 0.3 is 0 Å². The van der Waals surface area contributed by atoms with E-state index in [1.165, 1.54) is 24.8 Å². The molecular formula is C17H29N3. The van der Waals surface area contributed by atoms with E-state index in [9.17, 15) is 0 Å². The quantitative estimate of drug-likeness (QED) is 0.583. The first-order valence-corrected chi connectivity index (χ1v) is 7.39. The second-order valence-corrected chi connectivity index (χ2v) is 5.99. The molecule has 1 unspecified atom stereocenters. The molecule has 0 spiro atoms. The van der Waals surface area contributed by atoms with E-state index in [1.807, 2.05) is 18.2 Å². The zero-order valence-corrected chi connectivity index (χ0v) is 13.3. The average Bonchev–Trinajstić information content (AvgIpc) is 2.38. The lowest BCUT2D eigenvalue weighted by molar-refractivity contribution is 0.498. The highest BCUT2D eigenvalue weighted by molar-refractivity contribution is 5.71. The molecule has 1 aromatic rings. The summed E-state index contributed by atoms with van der Waals surface area (Å²) in [5, 5.41) is 0. The molecule has 0 heterocycles. The molecule has 20 heavy (non-hydrogen) atoms. The van der Waals surface area contributed by atoms with E-state index in [4.69, 9.17) is 11.5 Å². The molecule has 0 aliphatic rings. The van der Waals surface area contributed by atoms with E-state index >= 15 is 0 Å². The second-order valence-electron chi connectivity index (χ2n) is 5.99. The molecule has 0 bridgehead atoms. The fourth-order valence-corrected chi connectivity index (χ4v) is 2.23. The first-order chi connectivity index (χ1) is 9.40. The van der Waals surface area contributed by atoms with Crippen LogP contribution in [0.4, 0.5) is 17.1 Å². The van der Waals surface area contributed by atoms with Crippen LogP contribution in [0, 0.1) is 5.92 Å².